The van der Waals surface area contributed by atoms with Gasteiger partial charge in [0, 0.05) is 18.9 Å². The van der Waals surface area contributed by atoms with Crippen molar-refractivity contribution in [3.63, 3.8) is 0 Å². The summed E-state index contributed by atoms with van der Waals surface area (Å²) >= 11 is 0. The molecule has 0 saturated carbocycles. The van der Waals surface area contributed by atoms with Crippen molar-refractivity contribution in [2.45, 2.75) is 34.2 Å². The number of nitrogens with zero attached hydrogens (tertiary/aromatic N) is 2. The summed E-state index contributed by atoms with van der Waals surface area (Å²) in [5, 5.41) is 0. The van der Waals surface area contributed by atoms with Crippen LogP contribution in [-0.4, -0.2) is 9.55 Å². The van der Waals surface area contributed by atoms with Gasteiger partial charge < -0.3 is 4.57 Å². The summed E-state index contributed by atoms with van der Waals surface area (Å²) in [6.07, 6.45) is 5.63. The third kappa shape index (κ3) is 3.23. The molecule has 0 N–H and O–H groups in total. The summed E-state index contributed by atoms with van der Waals surface area (Å²) in [6.45, 7) is 9.18. The van der Waals surface area contributed by atoms with Crippen LogP contribution in [0.25, 0.3) is 0 Å². The van der Waals surface area contributed by atoms with Gasteiger partial charge in [0.15, 0.2) is 0 Å². The summed E-state index contributed by atoms with van der Waals surface area (Å²) in [5.41, 5.74) is 4.02. The van der Waals surface area contributed by atoms with Crippen LogP contribution in [0.1, 0.15) is 30.5 Å². The van der Waals surface area contributed by atoms with Crippen molar-refractivity contribution in [2.24, 2.45) is 0 Å². The Morgan fingerprint density at radius 1 is 1.12 bits per heavy atom. The molecule has 0 atom stereocenters. The summed E-state index contributed by atoms with van der Waals surface area (Å²) in [4.78, 5) is 4.02. The molecule has 0 spiro atoms. The minimum atomic E-state index is 0.904. The fourth-order valence-electron chi connectivity index (χ4n) is 1.49. The molecule has 0 saturated heterocycles. The van der Waals surface area contributed by atoms with Crippen LogP contribution in [0.3, 0.4) is 0 Å². The highest BCUT2D eigenvalue weighted by atomic mass is 15.0. The molecule has 0 bridgehead atoms. The van der Waals surface area contributed by atoms with Crippen molar-refractivity contribution in [2.75, 3.05) is 0 Å². The van der Waals surface area contributed by atoms with Gasteiger partial charge in [0.2, 0.25) is 0 Å². The molecule has 0 amide bonds. The van der Waals surface area contributed by atoms with E-state index >= 15 is 0 Å². The molecule has 0 aliphatic heterocycles. The van der Waals surface area contributed by atoms with Crippen molar-refractivity contribution in [3.05, 3.63) is 53.6 Å². The first-order chi connectivity index (χ1) is 7.75. The smallest absolute Gasteiger partial charge is 0.0949 e. The van der Waals surface area contributed by atoms with E-state index in [1.54, 1.807) is 6.20 Å². The number of benzene rings is 1. The highest BCUT2D eigenvalue weighted by molar-refractivity contribution is 5.29. The molecule has 1 aromatic heterocycles. The van der Waals surface area contributed by atoms with Gasteiger partial charge in [-0.3, -0.25) is 0 Å². The standard InChI is InChI=1S/C12H14N2.C2H6/c1-10-3-4-12(7-11(10)2)8-14-6-5-13-9-14;1-2/h3-7,9H,8H2,1-2H3;1-2H3. The Kier molecular flexibility index (Phi) is 4.77. The number of hydrogen-bond donors (Lipinski definition) is 0. The van der Waals surface area contributed by atoms with Gasteiger partial charge in [-0.05, 0) is 30.5 Å². The van der Waals surface area contributed by atoms with E-state index in [0.29, 0.717) is 0 Å². The second kappa shape index (κ2) is 6.11. The molecular weight excluding hydrogens is 196 g/mol. The van der Waals surface area contributed by atoms with Gasteiger partial charge in [0.25, 0.3) is 0 Å². The van der Waals surface area contributed by atoms with Crippen LogP contribution in [0.15, 0.2) is 36.9 Å². The lowest BCUT2D eigenvalue weighted by Gasteiger charge is -2.05. The number of hydrogen-bond acceptors (Lipinski definition) is 1. The lowest BCUT2D eigenvalue weighted by Crippen LogP contribution is -1.97. The molecule has 2 heteroatoms. The lowest BCUT2D eigenvalue weighted by molar-refractivity contribution is 0.796. The highest BCUT2D eigenvalue weighted by Crippen LogP contribution is 2.10. The second-order valence-electron chi connectivity index (χ2n) is 3.65. The summed E-state index contributed by atoms with van der Waals surface area (Å²) in [5.74, 6) is 0. The SMILES string of the molecule is CC.Cc1ccc(Cn2ccnc2)cc1C. The molecule has 0 radical (unpaired) electrons. The Morgan fingerprint density at radius 3 is 2.44 bits per heavy atom. The normalized spacial score (nSPS) is 9.50. The first-order valence-electron chi connectivity index (χ1n) is 5.77. The lowest BCUT2D eigenvalue weighted by atomic mass is 10.1. The monoisotopic (exact) mass is 216 g/mol. The molecule has 2 nitrogen and oxygen atoms in total. The first kappa shape index (κ1) is 12.5. The predicted molar refractivity (Wildman–Crippen MR) is 68.6 cm³/mol. The van der Waals surface area contributed by atoms with Crippen LogP contribution < -0.4 is 0 Å². The average Bonchev–Trinajstić information content (AvgIpc) is 2.79. The van der Waals surface area contributed by atoms with E-state index in [1.807, 2.05) is 26.4 Å². The maximum atomic E-state index is 4.02. The molecule has 1 heterocycles. The van der Waals surface area contributed by atoms with Crippen LogP contribution >= 0.6 is 0 Å². The van der Waals surface area contributed by atoms with E-state index in [9.17, 15) is 0 Å². The van der Waals surface area contributed by atoms with Gasteiger partial charge >= 0.3 is 0 Å². The largest absolute Gasteiger partial charge is 0.333 e. The zero-order chi connectivity index (χ0) is 12.0. The third-order valence-electron chi connectivity index (χ3n) is 2.50. The van der Waals surface area contributed by atoms with Gasteiger partial charge in [-0.25, -0.2) is 4.98 Å². The van der Waals surface area contributed by atoms with Crippen molar-refractivity contribution < 1.29 is 0 Å². The molecule has 2 aromatic rings. The summed E-state index contributed by atoms with van der Waals surface area (Å²) in [6, 6.07) is 6.57. The molecule has 16 heavy (non-hydrogen) atoms. The first-order valence-corrected chi connectivity index (χ1v) is 5.77. The van der Waals surface area contributed by atoms with Gasteiger partial charge in [-0.1, -0.05) is 32.0 Å². The molecule has 0 aliphatic rings. The molecule has 0 aliphatic carbocycles. The quantitative estimate of drug-likeness (QED) is 0.750. The molecule has 0 unspecified atom stereocenters. The van der Waals surface area contributed by atoms with E-state index in [-0.39, 0.29) is 0 Å². The maximum Gasteiger partial charge on any atom is 0.0949 e. The van der Waals surface area contributed by atoms with E-state index in [4.69, 9.17) is 0 Å². The number of aryl methyl sites for hydroxylation is 2. The van der Waals surface area contributed by atoms with Crippen LogP contribution in [0, 0.1) is 13.8 Å². The van der Waals surface area contributed by atoms with Crippen molar-refractivity contribution in [1.82, 2.24) is 9.55 Å². The van der Waals surface area contributed by atoms with Crippen LogP contribution in [0.4, 0.5) is 0 Å². The zero-order valence-corrected chi connectivity index (χ0v) is 10.6. The topological polar surface area (TPSA) is 17.8 Å². The second-order valence-corrected chi connectivity index (χ2v) is 3.65. The number of aromatic nitrogens is 2. The van der Waals surface area contributed by atoms with E-state index in [0.717, 1.165) is 6.54 Å². The van der Waals surface area contributed by atoms with Crippen LogP contribution in [0.2, 0.25) is 0 Å². The van der Waals surface area contributed by atoms with Gasteiger partial charge in [0.05, 0.1) is 6.33 Å². The molecule has 86 valence electrons. The third-order valence-corrected chi connectivity index (χ3v) is 2.50. The molecule has 1 aromatic carbocycles. The molecule has 2 rings (SSSR count). The Hall–Kier alpha value is -1.57. The Balaban J connectivity index is 0.000000606. The molecular formula is C14H20N2. The van der Waals surface area contributed by atoms with Crippen molar-refractivity contribution in [3.8, 4) is 0 Å². The average molecular weight is 216 g/mol. The fourth-order valence-corrected chi connectivity index (χ4v) is 1.49. The highest BCUT2D eigenvalue weighted by Gasteiger charge is 1.96. The zero-order valence-electron chi connectivity index (χ0n) is 10.6. The maximum absolute atomic E-state index is 4.02. The van der Waals surface area contributed by atoms with E-state index in [1.165, 1.54) is 16.7 Å². The van der Waals surface area contributed by atoms with Crippen molar-refractivity contribution >= 4 is 0 Å². The Morgan fingerprint density at radius 2 is 1.88 bits per heavy atom. The van der Waals surface area contributed by atoms with E-state index in [2.05, 4.69) is 41.6 Å². The summed E-state index contributed by atoms with van der Waals surface area (Å²) < 4.78 is 2.07. The van der Waals surface area contributed by atoms with Gasteiger partial charge in [-0.2, -0.15) is 0 Å². The Bertz CT molecular complexity index is 416. The minimum absolute atomic E-state index is 0.904. The fraction of sp³-hybridized carbons (Fsp3) is 0.357. The van der Waals surface area contributed by atoms with Crippen LogP contribution in [0.5, 0.6) is 0 Å². The Labute approximate surface area is 98.0 Å². The number of rotatable bonds is 2. The minimum Gasteiger partial charge on any atom is -0.333 e. The number of imidazole rings is 1. The van der Waals surface area contributed by atoms with Crippen LogP contribution in [-0.2, 0) is 6.54 Å². The van der Waals surface area contributed by atoms with E-state index < -0.39 is 0 Å². The van der Waals surface area contributed by atoms with Crippen molar-refractivity contribution in [1.29, 1.82) is 0 Å². The van der Waals surface area contributed by atoms with Gasteiger partial charge in [0.1, 0.15) is 0 Å². The van der Waals surface area contributed by atoms with Gasteiger partial charge in [-0.15, -0.1) is 0 Å². The predicted octanol–water partition coefficient (Wildman–Crippen LogP) is 3.57. The molecule has 0 fully saturated rings. The summed E-state index contributed by atoms with van der Waals surface area (Å²) in [7, 11) is 0.